The number of carbonyl (C=O) groups is 2. The molecule has 0 aromatic heterocycles. The number of anilines is 1. The summed E-state index contributed by atoms with van der Waals surface area (Å²) in [7, 11) is 0. The van der Waals surface area contributed by atoms with E-state index in [1.165, 1.54) is 29.3 Å². The maximum Gasteiger partial charge on any atom is 0.282 e. The number of para-hydroxylation sites is 1. The molecule has 0 saturated heterocycles. The van der Waals surface area contributed by atoms with Crippen LogP contribution in [0.5, 0.6) is 0 Å². The predicted molar refractivity (Wildman–Crippen MR) is 103 cm³/mol. The Hall–Kier alpha value is -4.01. The lowest BCUT2D eigenvalue weighted by Crippen LogP contribution is -2.37. The number of rotatable bonds is 5. The molecule has 0 bridgehead atoms. The Morgan fingerprint density at radius 3 is 2.50 bits per heavy atom. The molecule has 2 aromatic carbocycles. The topological polar surface area (TPSA) is 117 Å². The summed E-state index contributed by atoms with van der Waals surface area (Å²) in [5.41, 5.74) is 6.94. The lowest BCUT2D eigenvalue weighted by molar-refractivity contribution is -0.384. The van der Waals surface area contributed by atoms with Gasteiger partial charge < -0.3 is 5.43 Å². The normalized spacial score (nSPS) is 15.1. The molecule has 2 N–H and O–H groups in total. The van der Waals surface area contributed by atoms with Gasteiger partial charge in [0.15, 0.2) is 0 Å². The number of non-ortho nitro benzene ring substituents is 1. The van der Waals surface area contributed by atoms with Gasteiger partial charge in [-0.25, -0.2) is 0 Å². The van der Waals surface area contributed by atoms with E-state index in [0.717, 1.165) is 0 Å². The van der Waals surface area contributed by atoms with E-state index < -0.39 is 10.8 Å². The first-order valence-corrected chi connectivity index (χ1v) is 8.35. The lowest BCUT2D eigenvalue weighted by Gasteiger charge is -2.13. The van der Waals surface area contributed by atoms with Gasteiger partial charge in [-0.3, -0.25) is 25.1 Å². The summed E-state index contributed by atoms with van der Waals surface area (Å²) < 4.78 is 0. The quantitative estimate of drug-likeness (QED) is 0.470. The number of carbonyl (C=O) groups excluding carboxylic acids is 2. The largest absolute Gasteiger partial charge is 0.302 e. The van der Waals surface area contributed by atoms with Crippen molar-refractivity contribution in [1.82, 2.24) is 10.9 Å². The first-order valence-electron chi connectivity index (χ1n) is 8.35. The van der Waals surface area contributed by atoms with Crippen LogP contribution in [0.1, 0.15) is 24.2 Å². The van der Waals surface area contributed by atoms with Crippen LogP contribution >= 0.6 is 0 Å². The van der Waals surface area contributed by atoms with Gasteiger partial charge in [-0.05, 0) is 32.0 Å². The van der Waals surface area contributed by atoms with E-state index in [4.69, 9.17) is 0 Å². The van der Waals surface area contributed by atoms with Crippen molar-refractivity contribution in [2.24, 2.45) is 5.10 Å². The Balaban J connectivity index is 1.74. The fourth-order valence-electron chi connectivity index (χ4n) is 2.73. The summed E-state index contributed by atoms with van der Waals surface area (Å²) in [6.07, 6.45) is 0. The van der Waals surface area contributed by atoms with E-state index in [1.54, 1.807) is 38.1 Å². The zero-order valence-electron chi connectivity index (χ0n) is 15.2. The number of hydrogen-bond acceptors (Lipinski definition) is 6. The first kappa shape index (κ1) is 18.8. The standard InChI is InChI=1S/C19H17N5O4/c1-12(20-21-18(25)14-7-6-10-16(11-14)24(27)28)17-13(2)22-23(19(17)26)15-8-4-3-5-9-15/h3-11,20H,1-2H3,(H,21,25)/b17-12-. The van der Waals surface area contributed by atoms with E-state index in [9.17, 15) is 19.7 Å². The molecule has 9 heteroatoms. The zero-order valence-corrected chi connectivity index (χ0v) is 15.2. The molecule has 28 heavy (non-hydrogen) atoms. The zero-order chi connectivity index (χ0) is 20.3. The van der Waals surface area contributed by atoms with Gasteiger partial charge in [0.05, 0.1) is 21.9 Å². The summed E-state index contributed by atoms with van der Waals surface area (Å²) in [6, 6.07) is 14.3. The molecule has 2 amide bonds. The number of hydrogen-bond donors (Lipinski definition) is 2. The molecule has 0 saturated carbocycles. The molecule has 2 aromatic rings. The Bertz CT molecular complexity index is 1010. The Kier molecular flexibility index (Phi) is 5.16. The average Bonchev–Trinajstić information content (AvgIpc) is 3.00. The van der Waals surface area contributed by atoms with Crippen LogP contribution in [0.15, 0.2) is 71.0 Å². The molecule has 0 aliphatic carbocycles. The van der Waals surface area contributed by atoms with Gasteiger partial charge in [0.1, 0.15) is 0 Å². The summed E-state index contributed by atoms with van der Waals surface area (Å²) in [6.45, 7) is 3.33. The SMILES string of the molecule is CC1=NN(c2ccccc2)C(=O)/C1=C(/C)NNC(=O)c1cccc([N+](=O)[O-])c1. The van der Waals surface area contributed by atoms with Crippen molar-refractivity contribution in [3.63, 3.8) is 0 Å². The van der Waals surface area contributed by atoms with Crippen LogP contribution in [0.3, 0.4) is 0 Å². The monoisotopic (exact) mass is 379 g/mol. The van der Waals surface area contributed by atoms with Crippen LogP contribution in [0.25, 0.3) is 0 Å². The fraction of sp³-hybridized carbons (Fsp3) is 0.105. The second kappa shape index (κ2) is 7.70. The second-order valence-electron chi connectivity index (χ2n) is 6.02. The van der Waals surface area contributed by atoms with Gasteiger partial charge in [0, 0.05) is 23.4 Å². The number of hydrazine groups is 1. The van der Waals surface area contributed by atoms with Crippen molar-refractivity contribution in [3.8, 4) is 0 Å². The minimum Gasteiger partial charge on any atom is -0.302 e. The molecular weight excluding hydrogens is 362 g/mol. The Labute approximate surface area is 160 Å². The van der Waals surface area contributed by atoms with Crippen molar-refractivity contribution >= 4 is 28.9 Å². The van der Waals surface area contributed by atoms with Crippen LogP contribution in [-0.2, 0) is 4.79 Å². The molecular formula is C19H17N5O4. The summed E-state index contributed by atoms with van der Waals surface area (Å²) >= 11 is 0. The highest BCUT2D eigenvalue weighted by Crippen LogP contribution is 2.24. The van der Waals surface area contributed by atoms with Crippen molar-refractivity contribution in [2.75, 3.05) is 5.01 Å². The van der Waals surface area contributed by atoms with Crippen molar-refractivity contribution < 1.29 is 14.5 Å². The summed E-state index contributed by atoms with van der Waals surface area (Å²) in [4.78, 5) is 35.2. The van der Waals surface area contributed by atoms with Gasteiger partial charge in [-0.2, -0.15) is 10.1 Å². The highest BCUT2D eigenvalue weighted by Gasteiger charge is 2.30. The first-order chi connectivity index (χ1) is 13.4. The number of benzene rings is 2. The maximum absolute atomic E-state index is 12.7. The molecule has 0 unspecified atom stereocenters. The third-order valence-corrected chi connectivity index (χ3v) is 4.08. The van der Waals surface area contributed by atoms with Gasteiger partial charge in [0.2, 0.25) is 0 Å². The number of nitrogens with one attached hydrogen (secondary N) is 2. The number of hydrazone groups is 1. The fourth-order valence-corrected chi connectivity index (χ4v) is 2.73. The second-order valence-corrected chi connectivity index (χ2v) is 6.02. The van der Waals surface area contributed by atoms with Crippen molar-refractivity contribution in [2.45, 2.75) is 13.8 Å². The van der Waals surface area contributed by atoms with Crippen LogP contribution in [0, 0.1) is 10.1 Å². The molecule has 9 nitrogen and oxygen atoms in total. The summed E-state index contributed by atoms with van der Waals surface area (Å²) in [5, 5.41) is 16.4. The number of allylic oxidation sites excluding steroid dienone is 1. The van der Waals surface area contributed by atoms with Crippen LogP contribution in [0.4, 0.5) is 11.4 Å². The smallest absolute Gasteiger partial charge is 0.282 e. The molecule has 0 fully saturated rings. The number of amides is 2. The van der Waals surface area contributed by atoms with E-state index in [-0.39, 0.29) is 17.2 Å². The summed E-state index contributed by atoms with van der Waals surface area (Å²) in [5.74, 6) is -0.887. The van der Waals surface area contributed by atoms with Crippen molar-refractivity contribution in [1.29, 1.82) is 0 Å². The number of nitro groups is 1. The average molecular weight is 379 g/mol. The van der Waals surface area contributed by atoms with Crippen LogP contribution in [0.2, 0.25) is 0 Å². The van der Waals surface area contributed by atoms with E-state index in [0.29, 0.717) is 22.7 Å². The third-order valence-electron chi connectivity index (χ3n) is 4.08. The molecule has 142 valence electrons. The van der Waals surface area contributed by atoms with Crippen molar-refractivity contribution in [3.05, 3.63) is 81.5 Å². The molecule has 3 rings (SSSR count). The van der Waals surface area contributed by atoms with E-state index in [1.807, 2.05) is 6.07 Å². The molecule has 1 aliphatic heterocycles. The molecule has 0 spiro atoms. The van der Waals surface area contributed by atoms with E-state index >= 15 is 0 Å². The molecule has 1 aliphatic rings. The van der Waals surface area contributed by atoms with Gasteiger partial charge >= 0.3 is 0 Å². The van der Waals surface area contributed by atoms with Crippen LogP contribution in [-0.4, -0.2) is 22.4 Å². The molecule has 0 atom stereocenters. The lowest BCUT2D eigenvalue weighted by atomic mass is 10.1. The number of nitrogens with zero attached hydrogens (tertiary/aromatic N) is 3. The minimum absolute atomic E-state index is 0.119. The minimum atomic E-state index is -0.577. The molecule has 0 radical (unpaired) electrons. The Morgan fingerprint density at radius 2 is 1.82 bits per heavy atom. The molecule has 1 heterocycles. The predicted octanol–water partition coefficient (Wildman–Crippen LogP) is 2.53. The van der Waals surface area contributed by atoms with Crippen LogP contribution < -0.4 is 15.9 Å². The Morgan fingerprint density at radius 1 is 1.11 bits per heavy atom. The van der Waals surface area contributed by atoms with Gasteiger partial charge in [-0.15, -0.1) is 0 Å². The van der Waals surface area contributed by atoms with E-state index in [2.05, 4.69) is 16.0 Å². The van der Waals surface area contributed by atoms with Gasteiger partial charge in [0.25, 0.3) is 17.5 Å². The maximum atomic E-state index is 12.7. The highest BCUT2D eigenvalue weighted by atomic mass is 16.6. The van der Waals surface area contributed by atoms with Gasteiger partial charge in [-0.1, -0.05) is 24.3 Å². The highest BCUT2D eigenvalue weighted by molar-refractivity contribution is 6.30. The third kappa shape index (κ3) is 3.73. The number of nitro benzene ring substituents is 1.